The van der Waals surface area contributed by atoms with Gasteiger partial charge in [0, 0.05) is 12.2 Å². The van der Waals surface area contributed by atoms with Gasteiger partial charge in [-0.1, -0.05) is 0 Å². The van der Waals surface area contributed by atoms with Crippen LogP contribution in [0.25, 0.3) is 0 Å². The summed E-state index contributed by atoms with van der Waals surface area (Å²) in [6, 6.07) is 5.94. The second-order valence-electron chi connectivity index (χ2n) is 4.28. The number of thiazole rings is 1. The number of aliphatic hydroxyl groups excluding tert-OH is 1. The van der Waals surface area contributed by atoms with E-state index in [9.17, 15) is 9.59 Å². The summed E-state index contributed by atoms with van der Waals surface area (Å²) < 4.78 is 0. The van der Waals surface area contributed by atoms with Gasteiger partial charge in [-0.15, -0.1) is 11.3 Å². The van der Waals surface area contributed by atoms with Gasteiger partial charge in [-0.2, -0.15) is 0 Å². The third kappa shape index (κ3) is 3.45. The molecule has 1 aromatic carbocycles. The van der Waals surface area contributed by atoms with E-state index in [2.05, 4.69) is 4.98 Å². The van der Waals surface area contributed by atoms with E-state index >= 15 is 0 Å². The third-order valence-electron chi connectivity index (χ3n) is 2.83. The van der Waals surface area contributed by atoms with Crippen LogP contribution in [-0.4, -0.2) is 40.2 Å². The molecule has 0 aliphatic carbocycles. The van der Waals surface area contributed by atoms with Crippen molar-refractivity contribution in [1.82, 2.24) is 4.98 Å². The van der Waals surface area contributed by atoms with E-state index in [0.717, 1.165) is 5.01 Å². The highest BCUT2D eigenvalue weighted by Gasteiger charge is 2.19. The van der Waals surface area contributed by atoms with Gasteiger partial charge in [-0.25, -0.2) is 9.78 Å². The molecule has 0 spiro atoms. The molecule has 0 atom stereocenters. The van der Waals surface area contributed by atoms with Crippen molar-refractivity contribution in [1.29, 1.82) is 0 Å². The summed E-state index contributed by atoms with van der Waals surface area (Å²) in [7, 11) is 0. The Morgan fingerprint density at radius 2 is 1.95 bits per heavy atom. The summed E-state index contributed by atoms with van der Waals surface area (Å²) in [6.07, 6.45) is 1.50. The first-order valence-electron chi connectivity index (χ1n) is 6.21. The lowest BCUT2D eigenvalue weighted by molar-refractivity contribution is 0.0696. The van der Waals surface area contributed by atoms with E-state index in [1.807, 2.05) is 0 Å². The Hall–Kier alpha value is -2.25. The molecular weight excluding hydrogens is 292 g/mol. The smallest absolute Gasteiger partial charge is 0.335 e. The largest absolute Gasteiger partial charge is 0.478 e. The number of carbonyl (C=O) groups excluding carboxylic acids is 1. The Morgan fingerprint density at radius 3 is 2.43 bits per heavy atom. The maximum atomic E-state index is 12.4. The number of aliphatic hydroxyl groups is 1. The summed E-state index contributed by atoms with van der Waals surface area (Å²) in [6.45, 7) is 1.74. The molecule has 1 amide bonds. The Balaban J connectivity index is 2.29. The third-order valence-corrected chi connectivity index (χ3v) is 3.73. The molecule has 0 aliphatic rings. The van der Waals surface area contributed by atoms with Gasteiger partial charge >= 0.3 is 5.97 Å². The summed E-state index contributed by atoms with van der Waals surface area (Å²) >= 11 is 1.27. The predicted octanol–water partition coefficient (Wildman–Crippen LogP) is 1.79. The van der Waals surface area contributed by atoms with Gasteiger partial charge in [0.25, 0.3) is 5.91 Å². The number of carbonyl (C=O) groups is 2. The van der Waals surface area contributed by atoms with Crippen LogP contribution in [-0.2, 0) is 0 Å². The SMILES string of the molecule is Cc1ncc(C(=O)N(CCO)c2ccc(C(=O)O)cc2)s1. The van der Waals surface area contributed by atoms with Crippen LogP contribution in [0.15, 0.2) is 30.5 Å². The number of anilines is 1. The monoisotopic (exact) mass is 306 g/mol. The average Bonchev–Trinajstić information content (AvgIpc) is 2.91. The van der Waals surface area contributed by atoms with Crippen LogP contribution in [0.5, 0.6) is 0 Å². The van der Waals surface area contributed by atoms with E-state index in [1.165, 1.54) is 34.6 Å². The number of amides is 1. The van der Waals surface area contributed by atoms with E-state index in [4.69, 9.17) is 10.2 Å². The molecule has 1 heterocycles. The summed E-state index contributed by atoms with van der Waals surface area (Å²) in [5, 5.41) is 18.8. The second kappa shape index (κ2) is 6.47. The first-order chi connectivity index (χ1) is 10.0. The molecule has 0 unspecified atom stereocenters. The highest BCUT2D eigenvalue weighted by molar-refractivity contribution is 7.13. The van der Waals surface area contributed by atoms with Gasteiger partial charge in [0.1, 0.15) is 4.88 Å². The number of nitrogens with zero attached hydrogens (tertiary/aromatic N) is 2. The molecule has 6 nitrogen and oxygen atoms in total. The van der Waals surface area contributed by atoms with Gasteiger partial charge in [-0.3, -0.25) is 4.79 Å². The molecule has 7 heteroatoms. The number of hydrogen-bond donors (Lipinski definition) is 2. The number of aryl methyl sites for hydroxylation is 1. The minimum absolute atomic E-state index is 0.127. The van der Waals surface area contributed by atoms with Crippen LogP contribution in [0.3, 0.4) is 0 Å². The summed E-state index contributed by atoms with van der Waals surface area (Å²) in [4.78, 5) is 29.2. The zero-order valence-electron chi connectivity index (χ0n) is 11.3. The molecular formula is C14H14N2O4S. The number of benzene rings is 1. The molecule has 110 valence electrons. The molecule has 0 saturated carbocycles. The Morgan fingerprint density at radius 1 is 1.29 bits per heavy atom. The number of aromatic carboxylic acids is 1. The lowest BCUT2D eigenvalue weighted by Gasteiger charge is -2.21. The number of carboxylic acid groups (broad SMARTS) is 1. The Bertz CT molecular complexity index is 651. The zero-order valence-corrected chi connectivity index (χ0v) is 12.1. The topological polar surface area (TPSA) is 90.7 Å². The Labute approximate surface area is 125 Å². The molecule has 2 N–H and O–H groups in total. The molecule has 0 radical (unpaired) electrons. The van der Waals surface area contributed by atoms with E-state index in [-0.39, 0.29) is 24.6 Å². The number of hydrogen-bond acceptors (Lipinski definition) is 5. The highest BCUT2D eigenvalue weighted by Crippen LogP contribution is 2.21. The van der Waals surface area contributed by atoms with E-state index in [0.29, 0.717) is 10.6 Å². The van der Waals surface area contributed by atoms with Gasteiger partial charge in [0.05, 0.1) is 23.4 Å². The lowest BCUT2D eigenvalue weighted by atomic mass is 10.2. The number of rotatable bonds is 5. The van der Waals surface area contributed by atoms with E-state index in [1.54, 1.807) is 19.1 Å². The molecule has 0 aliphatic heterocycles. The fourth-order valence-electron chi connectivity index (χ4n) is 1.83. The average molecular weight is 306 g/mol. The van der Waals surface area contributed by atoms with Crippen LogP contribution < -0.4 is 4.90 Å². The van der Waals surface area contributed by atoms with Gasteiger partial charge in [0.15, 0.2) is 0 Å². The number of carboxylic acids is 1. The van der Waals surface area contributed by atoms with Crippen molar-refractivity contribution in [3.05, 3.63) is 45.9 Å². The minimum Gasteiger partial charge on any atom is -0.478 e. The second-order valence-corrected chi connectivity index (χ2v) is 5.51. The molecule has 21 heavy (non-hydrogen) atoms. The van der Waals surface area contributed by atoms with Crippen LogP contribution in [0.2, 0.25) is 0 Å². The van der Waals surface area contributed by atoms with Gasteiger partial charge < -0.3 is 15.1 Å². The quantitative estimate of drug-likeness (QED) is 0.879. The van der Waals surface area contributed by atoms with Gasteiger partial charge in [-0.05, 0) is 31.2 Å². The van der Waals surface area contributed by atoms with Crippen molar-refractivity contribution in [3.8, 4) is 0 Å². The number of aromatic nitrogens is 1. The summed E-state index contributed by atoms with van der Waals surface area (Å²) in [5.74, 6) is -1.29. The van der Waals surface area contributed by atoms with Crippen LogP contribution >= 0.6 is 11.3 Å². The highest BCUT2D eigenvalue weighted by atomic mass is 32.1. The lowest BCUT2D eigenvalue weighted by Crippen LogP contribution is -2.33. The minimum atomic E-state index is -1.03. The van der Waals surface area contributed by atoms with Gasteiger partial charge in [0.2, 0.25) is 0 Å². The normalized spacial score (nSPS) is 10.4. The first-order valence-corrected chi connectivity index (χ1v) is 7.03. The maximum absolute atomic E-state index is 12.4. The fourth-order valence-corrected chi connectivity index (χ4v) is 2.55. The van der Waals surface area contributed by atoms with Crippen LogP contribution in [0, 0.1) is 6.92 Å². The molecule has 1 aromatic heterocycles. The van der Waals surface area contributed by atoms with E-state index < -0.39 is 5.97 Å². The predicted molar refractivity (Wildman–Crippen MR) is 79.0 cm³/mol. The Kier molecular flexibility index (Phi) is 4.66. The van der Waals surface area contributed by atoms with Crippen molar-refractivity contribution in [2.75, 3.05) is 18.1 Å². The van der Waals surface area contributed by atoms with Crippen molar-refractivity contribution in [2.45, 2.75) is 6.92 Å². The standard InChI is InChI=1S/C14H14N2O4S/c1-9-15-8-12(21-9)13(18)16(6-7-17)11-4-2-10(3-5-11)14(19)20/h2-5,8,17H,6-7H2,1H3,(H,19,20). The van der Waals surface area contributed by atoms with Crippen molar-refractivity contribution in [2.24, 2.45) is 0 Å². The molecule has 0 bridgehead atoms. The van der Waals surface area contributed by atoms with Crippen LogP contribution in [0.1, 0.15) is 25.0 Å². The fraction of sp³-hybridized carbons (Fsp3) is 0.214. The van der Waals surface area contributed by atoms with Crippen molar-refractivity contribution in [3.63, 3.8) is 0 Å². The van der Waals surface area contributed by atoms with Crippen molar-refractivity contribution < 1.29 is 19.8 Å². The first kappa shape index (κ1) is 15.1. The summed E-state index contributed by atoms with van der Waals surface area (Å²) in [5.41, 5.74) is 0.675. The zero-order chi connectivity index (χ0) is 15.4. The van der Waals surface area contributed by atoms with Crippen molar-refractivity contribution >= 4 is 28.9 Å². The molecule has 0 fully saturated rings. The van der Waals surface area contributed by atoms with Crippen LogP contribution in [0.4, 0.5) is 5.69 Å². The molecule has 2 rings (SSSR count). The molecule has 2 aromatic rings. The maximum Gasteiger partial charge on any atom is 0.335 e. The molecule has 0 saturated heterocycles.